The highest BCUT2D eigenvalue weighted by atomic mass is 32.2. The first kappa shape index (κ1) is 23.5. The minimum atomic E-state index is -0.829. The number of aromatic nitrogens is 1. The molecule has 1 aromatic carbocycles. The van der Waals surface area contributed by atoms with Crippen molar-refractivity contribution in [3.63, 3.8) is 0 Å². The van der Waals surface area contributed by atoms with Gasteiger partial charge in [0.2, 0.25) is 0 Å². The van der Waals surface area contributed by atoms with Crippen molar-refractivity contribution in [3.8, 4) is 0 Å². The number of ether oxygens (including phenoxy) is 1. The Hall–Kier alpha value is -3.64. The van der Waals surface area contributed by atoms with Crippen LogP contribution in [0.3, 0.4) is 0 Å². The monoisotopic (exact) mass is 499 g/mol. The number of thioether (sulfide) groups is 1. The van der Waals surface area contributed by atoms with Gasteiger partial charge in [-0.25, -0.2) is 9.78 Å². The highest BCUT2D eigenvalue weighted by molar-refractivity contribution is 8.00. The molecule has 12 heteroatoms. The van der Waals surface area contributed by atoms with E-state index >= 15 is 0 Å². The van der Waals surface area contributed by atoms with Gasteiger partial charge in [0.05, 0.1) is 0 Å². The van der Waals surface area contributed by atoms with Crippen LogP contribution in [0.2, 0.25) is 0 Å². The maximum Gasteiger partial charge on any atom is 0.355 e. The van der Waals surface area contributed by atoms with Crippen LogP contribution in [-0.4, -0.2) is 64.3 Å². The number of carbonyl (C=O) groups excluding carboxylic acids is 3. The summed E-state index contributed by atoms with van der Waals surface area (Å²) in [4.78, 5) is 48.3. The third-order valence-corrected chi connectivity index (χ3v) is 6.78. The predicted octanol–water partition coefficient (Wildman–Crippen LogP) is 1.62. The van der Waals surface area contributed by atoms with Crippen molar-refractivity contribution >= 4 is 57.8 Å². The van der Waals surface area contributed by atoms with Gasteiger partial charge in [-0.3, -0.25) is 14.5 Å². The number of hydrogen-bond acceptors (Lipinski definition) is 10. The van der Waals surface area contributed by atoms with Crippen LogP contribution < -0.4 is 11.1 Å². The molecule has 176 valence electrons. The lowest BCUT2D eigenvalue weighted by atomic mass is 10.0. The number of anilines is 1. The number of benzene rings is 1. The molecule has 1 aromatic heterocycles. The van der Waals surface area contributed by atoms with Crippen LogP contribution >= 0.6 is 23.1 Å². The minimum Gasteiger partial charge on any atom is -0.457 e. The Kier molecular flexibility index (Phi) is 7.28. The number of nitrogens with zero attached hydrogens (tertiary/aromatic N) is 3. The molecule has 2 atom stereocenters. The smallest absolute Gasteiger partial charge is 0.355 e. The van der Waals surface area contributed by atoms with Crippen molar-refractivity contribution in [2.24, 2.45) is 5.16 Å². The first-order valence-electron chi connectivity index (χ1n) is 10.2. The van der Waals surface area contributed by atoms with Gasteiger partial charge in [0.1, 0.15) is 36.5 Å². The van der Waals surface area contributed by atoms with E-state index in [-0.39, 0.29) is 28.8 Å². The molecule has 2 aromatic rings. The molecule has 2 amide bonds. The molecule has 1 saturated heterocycles. The Bertz CT molecular complexity index is 1180. The van der Waals surface area contributed by atoms with Gasteiger partial charge in [0.25, 0.3) is 11.8 Å². The van der Waals surface area contributed by atoms with Crippen LogP contribution in [0.25, 0.3) is 6.08 Å². The van der Waals surface area contributed by atoms with Gasteiger partial charge in [-0.05, 0) is 17.7 Å². The molecule has 3 N–H and O–H groups in total. The molecule has 1 fully saturated rings. The largest absolute Gasteiger partial charge is 0.457 e. The minimum absolute atomic E-state index is 0.0681. The Balaban J connectivity index is 1.36. The molecule has 4 rings (SSSR count). The highest BCUT2D eigenvalue weighted by Gasteiger charge is 2.53. The first-order valence-corrected chi connectivity index (χ1v) is 12.1. The fourth-order valence-electron chi connectivity index (χ4n) is 3.38. The number of carbonyl (C=O) groups is 3. The van der Waals surface area contributed by atoms with E-state index in [0.717, 1.165) is 16.9 Å². The lowest BCUT2D eigenvalue weighted by Gasteiger charge is -2.48. The number of amides is 2. The average Bonchev–Trinajstić information content (AvgIpc) is 3.29. The van der Waals surface area contributed by atoms with Crippen LogP contribution in [0, 0.1) is 0 Å². The SMILES string of the molecule is CON=C(C(=O)NC1C(=O)N2C(C(=O)OCC=Cc3ccccc3)=CCS[C@@H]12)c1csc(N)n1. The first-order chi connectivity index (χ1) is 16.5. The Morgan fingerprint density at radius 3 is 2.85 bits per heavy atom. The van der Waals surface area contributed by atoms with Gasteiger partial charge < -0.3 is 20.6 Å². The quantitative estimate of drug-likeness (QED) is 0.242. The molecule has 0 saturated carbocycles. The van der Waals surface area contributed by atoms with Crippen molar-refractivity contribution in [2.45, 2.75) is 11.4 Å². The normalized spacial score (nSPS) is 19.8. The number of nitrogen functional groups attached to an aromatic ring is 1. The van der Waals surface area contributed by atoms with Gasteiger partial charge in [0.15, 0.2) is 10.8 Å². The third kappa shape index (κ3) is 4.97. The number of esters is 1. The van der Waals surface area contributed by atoms with E-state index in [4.69, 9.17) is 15.3 Å². The van der Waals surface area contributed by atoms with E-state index in [1.807, 2.05) is 36.4 Å². The summed E-state index contributed by atoms with van der Waals surface area (Å²) in [5.74, 6) is -1.15. The second-order valence-corrected chi connectivity index (χ2v) is 9.12. The van der Waals surface area contributed by atoms with Gasteiger partial charge in [-0.2, -0.15) is 0 Å². The Morgan fingerprint density at radius 1 is 1.35 bits per heavy atom. The molecule has 0 radical (unpaired) electrons. The Labute approximate surface area is 203 Å². The van der Waals surface area contributed by atoms with E-state index in [9.17, 15) is 14.4 Å². The van der Waals surface area contributed by atoms with E-state index in [1.54, 1.807) is 17.5 Å². The van der Waals surface area contributed by atoms with E-state index in [2.05, 4.69) is 15.5 Å². The number of oxime groups is 1. The van der Waals surface area contributed by atoms with E-state index < -0.39 is 29.2 Å². The second-order valence-electron chi connectivity index (χ2n) is 7.08. The summed E-state index contributed by atoms with van der Waals surface area (Å²) in [6.07, 6.45) is 5.22. The zero-order chi connectivity index (χ0) is 24.1. The third-order valence-electron chi connectivity index (χ3n) is 4.92. The summed E-state index contributed by atoms with van der Waals surface area (Å²) in [6, 6.07) is 8.78. The number of rotatable bonds is 8. The van der Waals surface area contributed by atoms with Crippen LogP contribution in [0.1, 0.15) is 11.3 Å². The molecule has 0 spiro atoms. The summed E-state index contributed by atoms with van der Waals surface area (Å²) in [5, 5.41) is 7.79. The van der Waals surface area contributed by atoms with Crippen LogP contribution in [0.4, 0.5) is 5.13 Å². The molecule has 1 unspecified atom stereocenters. The topological polar surface area (TPSA) is 136 Å². The predicted molar refractivity (Wildman–Crippen MR) is 130 cm³/mol. The summed E-state index contributed by atoms with van der Waals surface area (Å²) in [7, 11) is 1.30. The van der Waals surface area contributed by atoms with Crippen molar-refractivity contribution in [1.82, 2.24) is 15.2 Å². The molecular formula is C22H21N5O5S2. The number of fused-ring (bicyclic) bond motifs is 1. The molecule has 2 aliphatic heterocycles. The fraction of sp³-hybridized carbons (Fsp3) is 0.227. The zero-order valence-electron chi connectivity index (χ0n) is 18.0. The van der Waals surface area contributed by atoms with Gasteiger partial charge >= 0.3 is 5.97 Å². The second kappa shape index (κ2) is 10.5. The molecule has 3 heterocycles. The standard InChI is InChI=1S/C22H21N5O5S2/c1-31-26-16(14-12-34-22(23)24-14)18(28)25-17-19(29)27-15(9-11-33-20(17)27)21(30)32-10-5-8-13-6-3-2-4-7-13/h2-9,12,17,20H,10-11H2,1H3,(H2,23,24)(H,25,28)/t17?,20-/m0/s1. The Morgan fingerprint density at radius 2 is 2.15 bits per heavy atom. The lowest BCUT2D eigenvalue weighted by Crippen LogP contribution is -2.70. The van der Waals surface area contributed by atoms with E-state index in [1.165, 1.54) is 23.8 Å². The summed E-state index contributed by atoms with van der Waals surface area (Å²) < 4.78 is 5.31. The van der Waals surface area contributed by atoms with Crippen molar-refractivity contribution < 1.29 is 24.0 Å². The maximum atomic E-state index is 12.8. The van der Waals surface area contributed by atoms with Crippen LogP contribution in [0.5, 0.6) is 0 Å². The molecular weight excluding hydrogens is 478 g/mol. The molecule has 0 bridgehead atoms. The number of nitrogens with one attached hydrogen (secondary N) is 1. The molecule has 0 aliphatic carbocycles. The molecule has 34 heavy (non-hydrogen) atoms. The number of β-lactam (4-membered cyclic amide) rings is 1. The number of thiazole rings is 1. The fourth-order valence-corrected chi connectivity index (χ4v) is 5.12. The van der Waals surface area contributed by atoms with Crippen LogP contribution in [-0.2, 0) is 24.0 Å². The summed E-state index contributed by atoms with van der Waals surface area (Å²) in [5.41, 5.74) is 6.95. The van der Waals surface area contributed by atoms with Crippen molar-refractivity contribution in [2.75, 3.05) is 25.2 Å². The van der Waals surface area contributed by atoms with Crippen LogP contribution in [0.15, 0.2) is 58.7 Å². The highest BCUT2D eigenvalue weighted by Crippen LogP contribution is 2.37. The number of nitrogens with two attached hydrogens (primary N) is 1. The zero-order valence-corrected chi connectivity index (χ0v) is 19.7. The molecule has 2 aliphatic rings. The van der Waals surface area contributed by atoms with Gasteiger partial charge in [-0.1, -0.05) is 41.6 Å². The van der Waals surface area contributed by atoms with Crippen molar-refractivity contribution in [3.05, 3.63) is 64.8 Å². The van der Waals surface area contributed by atoms with Gasteiger partial charge in [0, 0.05) is 11.1 Å². The lowest BCUT2D eigenvalue weighted by molar-refractivity contribution is -0.151. The van der Waals surface area contributed by atoms with Crippen molar-refractivity contribution in [1.29, 1.82) is 0 Å². The summed E-state index contributed by atoms with van der Waals surface area (Å²) >= 11 is 2.58. The number of hydrogen-bond donors (Lipinski definition) is 2. The summed E-state index contributed by atoms with van der Waals surface area (Å²) in [6.45, 7) is 0.0681. The maximum absolute atomic E-state index is 12.8. The van der Waals surface area contributed by atoms with Gasteiger partial charge in [-0.15, -0.1) is 23.1 Å². The molecule has 10 nitrogen and oxygen atoms in total. The van der Waals surface area contributed by atoms with E-state index in [0.29, 0.717) is 5.75 Å². The average molecular weight is 500 g/mol.